The number of methoxy groups -OCH3 is 2. The molecule has 0 aromatic heterocycles. The van der Waals surface area contributed by atoms with Crippen molar-refractivity contribution >= 4 is 32.0 Å². The number of amides is 2. The van der Waals surface area contributed by atoms with Gasteiger partial charge in [0.2, 0.25) is 0 Å². The number of carbonyl (C=O) groups is 4. The molecule has 0 radical (unpaired) electrons. The van der Waals surface area contributed by atoms with Gasteiger partial charge in [0.15, 0.2) is 0 Å². The molecule has 2 aliphatic carbocycles. The van der Waals surface area contributed by atoms with E-state index >= 15 is 0 Å². The summed E-state index contributed by atoms with van der Waals surface area (Å²) in [4.78, 5) is 44.4. The zero-order valence-electron chi connectivity index (χ0n) is 40.6. The topological polar surface area (TPSA) is 153 Å². The van der Waals surface area contributed by atoms with Crippen molar-refractivity contribution in [1.82, 2.24) is 21.3 Å². The fourth-order valence-corrected chi connectivity index (χ4v) is 12.7. The molecule has 2 saturated carbocycles. The first-order valence-electron chi connectivity index (χ1n) is 21.6. The average molecular weight is 917 g/mol. The van der Waals surface area contributed by atoms with Crippen LogP contribution in [0.4, 0.5) is 9.59 Å². The van der Waals surface area contributed by atoms with Gasteiger partial charge in [0.1, 0.15) is 11.2 Å². The summed E-state index contributed by atoms with van der Waals surface area (Å²) >= 11 is 0. The number of carbonyl (C=O) groups excluding carboxylic acids is 4. The molecule has 0 aromatic carbocycles. The molecule has 14 heteroatoms. The minimum atomic E-state index is -0.502. The minimum absolute atomic E-state index is 0. The van der Waals surface area contributed by atoms with Crippen molar-refractivity contribution in [3.05, 3.63) is 11.8 Å². The van der Waals surface area contributed by atoms with Crippen LogP contribution in [0.25, 0.3) is 0 Å². The van der Waals surface area contributed by atoms with Crippen LogP contribution in [-0.4, -0.2) is 97.7 Å². The summed E-state index contributed by atoms with van der Waals surface area (Å²) in [5, 5.41) is 12.2. The summed E-state index contributed by atoms with van der Waals surface area (Å²) in [6, 6.07) is 0.0119. The first-order chi connectivity index (χ1) is 26.5. The second kappa shape index (κ2) is 32.6. The van der Waals surface area contributed by atoms with E-state index < -0.39 is 29.4 Å². The second-order valence-electron chi connectivity index (χ2n) is 19.6. The smallest absolute Gasteiger partial charge is 0.407 e. The molecule has 2 aliphatic rings. The zero-order valence-corrected chi connectivity index (χ0v) is 42.6. The summed E-state index contributed by atoms with van der Waals surface area (Å²) < 4.78 is 19.2. The number of esters is 2. The quantitative estimate of drug-likeness (QED) is 0.0351. The molecule has 2 rings (SSSR count). The summed E-state index contributed by atoms with van der Waals surface area (Å²) in [6.07, 6.45) is 12.7. The molecule has 2 amide bonds. The summed E-state index contributed by atoms with van der Waals surface area (Å²) in [5.41, 5.74) is 0.601. The van der Waals surface area contributed by atoms with E-state index in [-0.39, 0.29) is 44.4 Å². The SMILES string of the molecule is C.C1CCCC1.CC1CCCC1[C@@H](C)P(C(C)(C)C)C(C)(C)C.COC(=O)/C=C(/C)NCCNC(=O)OC(C)(C)C.COC(=O)CC(C)NCCNC(=O)OC(C)(C)C.[Fe]. The number of hydrogen-bond donors (Lipinski definition) is 4. The van der Waals surface area contributed by atoms with E-state index in [1.54, 1.807) is 27.7 Å². The van der Waals surface area contributed by atoms with Crippen molar-refractivity contribution in [2.24, 2.45) is 11.8 Å². The Bertz CT molecular complexity index is 1180. The largest absolute Gasteiger partial charge is 0.469 e. The van der Waals surface area contributed by atoms with Crippen LogP contribution < -0.4 is 21.3 Å². The first kappa shape index (κ1) is 64.6. The van der Waals surface area contributed by atoms with Crippen molar-refractivity contribution in [3.8, 4) is 0 Å². The Morgan fingerprint density at radius 1 is 0.667 bits per heavy atom. The molecule has 0 spiro atoms. The zero-order chi connectivity index (χ0) is 45.3. The fraction of sp³-hybridized carbons (Fsp3) is 0.870. The molecule has 60 heavy (non-hydrogen) atoms. The van der Waals surface area contributed by atoms with Crippen LogP contribution >= 0.6 is 7.92 Å². The number of ether oxygens (including phenoxy) is 4. The van der Waals surface area contributed by atoms with Crippen LogP contribution in [0, 0.1) is 11.8 Å². The number of alkyl carbamates (subject to hydrolysis) is 2. The van der Waals surface area contributed by atoms with Crippen molar-refractivity contribution < 1.29 is 55.2 Å². The maximum Gasteiger partial charge on any atom is 0.407 e. The summed E-state index contributed by atoms with van der Waals surface area (Å²) in [5.74, 6) is 1.27. The fourth-order valence-electron chi connectivity index (χ4n) is 7.42. The van der Waals surface area contributed by atoms with Gasteiger partial charge in [-0.15, -0.1) is 0 Å². The predicted octanol–water partition coefficient (Wildman–Crippen LogP) is 10.7. The minimum Gasteiger partial charge on any atom is -0.469 e. The van der Waals surface area contributed by atoms with E-state index in [4.69, 9.17) is 9.47 Å². The maximum absolute atomic E-state index is 11.3. The number of rotatable bonds is 13. The Balaban J connectivity index is -0.000000363. The molecule has 12 nitrogen and oxygen atoms in total. The summed E-state index contributed by atoms with van der Waals surface area (Å²) in [7, 11) is 2.73. The molecule has 0 heterocycles. The van der Waals surface area contributed by atoms with E-state index in [1.807, 2.05) is 27.7 Å². The molecule has 4 N–H and O–H groups in total. The molecule has 358 valence electrons. The van der Waals surface area contributed by atoms with Gasteiger partial charge in [-0.1, -0.05) is 116 Å². The first-order valence-corrected chi connectivity index (χ1v) is 23.0. The standard InChI is InChI=1S/C16H33P.C12H24N2O4.C12H22N2O4.C5H10.CH4.Fe/c1-12-10-9-11-14(12)13(2)17(15(3,4)5)16(6,7)8;2*1-9(8-10(15)17-5)13-6-7-14-11(16)18-12(2,3)4;1-2-4-5-3-1;;/h12-14H,9-11H2,1-8H3;9,13H,6-8H2,1-5H3,(H,14,16);8,13H,6-7H2,1-5H3,(H,14,16);1-5H2;1H4;/b;;9-8-;;;/t12?,13-,14?;;;;;/m1...../s1. The van der Waals surface area contributed by atoms with E-state index in [0.29, 0.717) is 48.6 Å². The monoisotopic (exact) mass is 917 g/mol. The van der Waals surface area contributed by atoms with Gasteiger partial charge in [-0.2, -0.15) is 0 Å². The van der Waals surface area contributed by atoms with Crippen LogP contribution in [0.5, 0.6) is 0 Å². The molecule has 2 fully saturated rings. The van der Waals surface area contributed by atoms with E-state index in [2.05, 4.69) is 86.1 Å². The van der Waals surface area contributed by atoms with Crippen LogP contribution in [-0.2, 0) is 45.6 Å². The van der Waals surface area contributed by atoms with Gasteiger partial charge in [0, 0.05) is 61.1 Å². The van der Waals surface area contributed by atoms with E-state index in [0.717, 1.165) is 17.5 Å². The van der Waals surface area contributed by atoms with Crippen LogP contribution in [0.3, 0.4) is 0 Å². The van der Waals surface area contributed by atoms with Gasteiger partial charge < -0.3 is 40.2 Å². The van der Waals surface area contributed by atoms with Crippen LogP contribution in [0.1, 0.15) is 176 Å². The van der Waals surface area contributed by atoms with Gasteiger partial charge >= 0.3 is 24.1 Å². The predicted molar refractivity (Wildman–Crippen MR) is 249 cm³/mol. The normalized spacial score (nSPS) is 17.5. The third-order valence-corrected chi connectivity index (χ3v) is 13.5. The second-order valence-corrected chi connectivity index (χ2v) is 23.8. The molecule has 0 aliphatic heterocycles. The van der Waals surface area contributed by atoms with Crippen molar-refractivity contribution in [2.75, 3.05) is 40.4 Å². The molecule has 4 atom stereocenters. The number of allylic oxidation sites excluding steroid dienone is 1. The third kappa shape index (κ3) is 35.5. The van der Waals surface area contributed by atoms with E-state index in [1.165, 1.54) is 71.7 Å². The molecular formula is C46H93FeN4O8P. The van der Waals surface area contributed by atoms with Gasteiger partial charge in [-0.25, -0.2) is 14.4 Å². The summed E-state index contributed by atoms with van der Waals surface area (Å²) in [6.45, 7) is 36.1. The van der Waals surface area contributed by atoms with Gasteiger partial charge in [-0.05, 0) is 89.6 Å². The molecule has 3 unspecified atom stereocenters. The van der Waals surface area contributed by atoms with Gasteiger partial charge in [-0.3, -0.25) is 4.79 Å². The Hall–Kier alpha value is -2.07. The van der Waals surface area contributed by atoms with Gasteiger partial charge in [0.25, 0.3) is 0 Å². The van der Waals surface area contributed by atoms with E-state index in [9.17, 15) is 19.2 Å². The average Bonchev–Trinajstić information content (AvgIpc) is 3.78. The Kier molecular flexibility index (Phi) is 35.1. The molecular weight excluding hydrogens is 823 g/mol. The molecule has 0 saturated heterocycles. The molecule has 0 bridgehead atoms. The van der Waals surface area contributed by atoms with Crippen LogP contribution in [0.2, 0.25) is 0 Å². The van der Waals surface area contributed by atoms with Crippen LogP contribution in [0.15, 0.2) is 11.8 Å². The Morgan fingerprint density at radius 3 is 1.43 bits per heavy atom. The van der Waals surface area contributed by atoms with Crippen molar-refractivity contribution in [3.63, 3.8) is 0 Å². The molecule has 0 aromatic rings. The maximum atomic E-state index is 11.3. The number of nitrogens with one attached hydrogen (secondary N) is 4. The third-order valence-electron chi connectivity index (χ3n) is 9.37. The Labute approximate surface area is 380 Å². The Morgan fingerprint density at radius 2 is 1.08 bits per heavy atom. The van der Waals surface area contributed by atoms with Gasteiger partial charge in [0.05, 0.1) is 20.6 Å². The van der Waals surface area contributed by atoms with Crippen molar-refractivity contribution in [2.45, 2.75) is 209 Å². The van der Waals surface area contributed by atoms with Crippen molar-refractivity contribution in [1.29, 1.82) is 0 Å². The number of hydrogen-bond acceptors (Lipinski definition) is 10.